The molecule has 0 amide bonds. The van der Waals surface area contributed by atoms with E-state index < -0.39 is 10.1 Å². The van der Waals surface area contributed by atoms with Crippen molar-refractivity contribution < 1.29 is 17.7 Å². The van der Waals surface area contributed by atoms with Gasteiger partial charge >= 0.3 is 0 Å². The van der Waals surface area contributed by atoms with Crippen LogP contribution in [-0.2, 0) is 10.1 Å². The number of amidine groups is 1. The summed E-state index contributed by atoms with van der Waals surface area (Å²) in [6.07, 6.45) is 0. The Labute approximate surface area is 169 Å². The van der Waals surface area contributed by atoms with Gasteiger partial charge in [-0.15, -0.1) is 0 Å². The van der Waals surface area contributed by atoms with Crippen LogP contribution in [0.2, 0.25) is 0 Å². The zero-order chi connectivity index (χ0) is 19.2. The van der Waals surface area contributed by atoms with E-state index in [1.165, 1.54) is 12.1 Å². The van der Waals surface area contributed by atoms with E-state index in [1.54, 1.807) is 12.1 Å². The van der Waals surface area contributed by atoms with Gasteiger partial charge in [0.05, 0.1) is 11.4 Å². The molecule has 6 nitrogen and oxygen atoms in total. The van der Waals surface area contributed by atoms with Gasteiger partial charge in [-0.3, -0.25) is 9.55 Å². The lowest BCUT2D eigenvalue weighted by atomic mass is 10.2. The van der Waals surface area contributed by atoms with Crippen LogP contribution < -0.4 is 10.1 Å². The molecule has 0 spiro atoms. The summed E-state index contributed by atoms with van der Waals surface area (Å²) in [6.45, 7) is 4.12. The van der Waals surface area contributed by atoms with E-state index in [-0.39, 0.29) is 4.90 Å². The molecular formula is C17H18Br2N2O4S. The number of rotatable bonds is 4. The maximum atomic E-state index is 10.5. The van der Waals surface area contributed by atoms with Crippen molar-refractivity contribution in [3.8, 4) is 5.75 Å². The van der Waals surface area contributed by atoms with Gasteiger partial charge in [0.2, 0.25) is 0 Å². The second-order valence-corrected chi connectivity index (χ2v) is 8.54. The summed E-state index contributed by atoms with van der Waals surface area (Å²) in [6, 6.07) is 11.8. The number of aryl methyl sites for hydroxylation is 1. The average Bonchev–Trinajstić information content (AvgIpc) is 3.10. The van der Waals surface area contributed by atoms with Crippen molar-refractivity contribution in [1.82, 2.24) is 5.32 Å². The van der Waals surface area contributed by atoms with E-state index in [0.717, 1.165) is 39.2 Å². The Morgan fingerprint density at radius 2 is 1.85 bits per heavy atom. The highest BCUT2D eigenvalue weighted by Gasteiger charge is 2.07. The summed E-state index contributed by atoms with van der Waals surface area (Å²) in [4.78, 5) is 4.18. The Morgan fingerprint density at radius 1 is 1.15 bits per heavy atom. The van der Waals surface area contributed by atoms with Crippen LogP contribution in [0.25, 0.3) is 0 Å². The molecule has 0 fully saturated rings. The van der Waals surface area contributed by atoms with Crippen LogP contribution >= 0.6 is 31.9 Å². The number of hydrogen-bond donors (Lipinski definition) is 2. The lowest BCUT2D eigenvalue weighted by molar-refractivity contribution is 0.373. The van der Waals surface area contributed by atoms with Crippen LogP contribution in [0, 0.1) is 6.92 Å². The van der Waals surface area contributed by atoms with Crippen molar-refractivity contribution in [2.24, 2.45) is 4.99 Å². The van der Waals surface area contributed by atoms with E-state index >= 15 is 0 Å². The largest absolute Gasteiger partial charge is 0.486 e. The van der Waals surface area contributed by atoms with Crippen molar-refractivity contribution in [2.75, 3.05) is 19.7 Å². The van der Waals surface area contributed by atoms with Crippen LogP contribution in [0.15, 0.2) is 61.3 Å². The first-order valence-electron chi connectivity index (χ1n) is 7.65. The number of nitrogens with zero attached hydrogens (tertiary/aromatic N) is 1. The maximum Gasteiger partial charge on any atom is 0.294 e. The smallest absolute Gasteiger partial charge is 0.294 e. The number of benzene rings is 2. The second-order valence-electron chi connectivity index (χ2n) is 5.41. The standard InChI is InChI=1S/C10H10Br2N2O.C7H8O3S/c11-8-2-1-7(5-9(8)12)15-6-10-13-3-4-14-10;1-6-2-4-7(5-3-6)11(8,9)10/h1-2,5H,3-4,6H2,(H,13,14);2-5H,1H3,(H,8,9,10). The molecule has 3 rings (SSSR count). The fraction of sp³-hybridized carbons (Fsp3) is 0.235. The molecule has 140 valence electrons. The Bertz CT molecular complexity index is 884. The molecule has 0 unspecified atom stereocenters. The number of halogens is 2. The van der Waals surface area contributed by atoms with Crippen LogP contribution in [0.4, 0.5) is 0 Å². The first-order valence-corrected chi connectivity index (χ1v) is 10.7. The van der Waals surface area contributed by atoms with Crippen LogP contribution in [0.5, 0.6) is 5.75 Å². The molecule has 0 aromatic heterocycles. The lowest BCUT2D eigenvalue weighted by Crippen LogP contribution is -2.24. The highest BCUT2D eigenvalue weighted by atomic mass is 79.9. The van der Waals surface area contributed by atoms with Crippen molar-refractivity contribution in [2.45, 2.75) is 11.8 Å². The van der Waals surface area contributed by atoms with Gasteiger partial charge in [0.25, 0.3) is 10.1 Å². The minimum Gasteiger partial charge on any atom is -0.486 e. The van der Waals surface area contributed by atoms with Gasteiger partial charge in [-0.25, -0.2) is 0 Å². The molecule has 0 saturated carbocycles. The van der Waals surface area contributed by atoms with Crippen molar-refractivity contribution in [3.05, 3.63) is 57.0 Å². The van der Waals surface area contributed by atoms with Crippen molar-refractivity contribution >= 4 is 47.8 Å². The third-order valence-electron chi connectivity index (χ3n) is 3.33. The molecule has 0 aliphatic carbocycles. The zero-order valence-corrected chi connectivity index (χ0v) is 17.9. The van der Waals surface area contributed by atoms with Gasteiger partial charge in [-0.1, -0.05) is 17.7 Å². The monoisotopic (exact) mass is 504 g/mol. The fourth-order valence-electron chi connectivity index (χ4n) is 1.97. The van der Waals surface area contributed by atoms with E-state index in [2.05, 4.69) is 42.2 Å². The summed E-state index contributed by atoms with van der Waals surface area (Å²) in [5.41, 5.74) is 0.956. The first-order chi connectivity index (χ1) is 12.3. The summed E-state index contributed by atoms with van der Waals surface area (Å²) < 4.78 is 37.1. The quantitative estimate of drug-likeness (QED) is 0.616. The lowest BCUT2D eigenvalue weighted by Gasteiger charge is -2.07. The molecule has 1 heterocycles. The van der Waals surface area contributed by atoms with Crippen LogP contribution in [-0.4, -0.2) is 38.5 Å². The second kappa shape index (κ2) is 9.50. The van der Waals surface area contributed by atoms with E-state index in [1.807, 2.05) is 25.1 Å². The van der Waals surface area contributed by atoms with Gasteiger partial charge in [0, 0.05) is 15.5 Å². The van der Waals surface area contributed by atoms with Crippen LogP contribution in [0.1, 0.15) is 5.56 Å². The van der Waals surface area contributed by atoms with Gasteiger partial charge in [-0.2, -0.15) is 8.42 Å². The molecule has 1 aliphatic rings. The summed E-state index contributed by atoms with van der Waals surface area (Å²) in [5.74, 6) is 1.76. The number of aliphatic imine (C=N–C) groups is 1. The zero-order valence-electron chi connectivity index (χ0n) is 13.9. The van der Waals surface area contributed by atoms with E-state index in [9.17, 15) is 8.42 Å². The molecule has 2 aromatic carbocycles. The fourth-order valence-corrected chi connectivity index (χ4v) is 3.06. The first kappa shape index (κ1) is 20.9. The molecular weight excluding hydrogens is 488 g/mol. The van der Waals surface area contributed by atoms with Gasteiger partial charge in [0.15, 0.2) is 0 Å². The molecule has 0 atom stereocenters. The van der Waals surface area contributed by atoms with Gasteiger partial charge in [-0.05, 0) is 69.1 Å². The molecule has 2 aromatic rings. The third-order valence-corrected chi connectivity index (χ3v) is 6.08. The highest BCUT2D eigenvalue weighted by Crippen LogP contribution is 2.27. The molecule has 0 bridgehead atoms. The molecule has 9 heteroatoms. The molecule has 1 aliphatic heterocycles. The SMILES string of the molecule is Brc1ccc(OCC2=NCCN2)cc1Br.Cc1ccc(S(=O)(=O)O)cc1. The Kier molecular flexibility index (Phi) is 7.63. The number of nitrogens with one attached hydrogen (secondary N) is 1. The minimum atomic E-state index is -4.02. The number of hydrogen-bond acceptors (Lipinski definition) is 5. The van der Waals surface area contributed by atoms with Crippen molar-refractivity contribution in [3.63, 3.8) is 0 Å². The van der Waals surface area contributed by atoms with Crippen LogP contribution in [0.3, 0.4) is 0 Å². The molecule has 2 N–H and O–H groups in total. The Balaban J connectivity index is 0.000000197. The predicted molar refractivity (Wildman–Crippen MR) is 109 cm³/mol. The van der Waals surface area contributed by atoms with Crippen molar-refractivity contribution in [1.29, 1.82) is 0 Å². The van der Waals surface area contributed by atoms with E-state index in [4.69, 9.17) is 9.29 Å². The summed E-state index contributed by atoms with van der Waals surface area (Å²) in [5, 5.41) is 3.16. The number of ether oxygens (including phenoxy) is 1. The van der Waals surface area contributed by atoms with Gasteiger partial charge < -0.3 is 10.1 Å². The molecule has 26 heavy (non-hydrogen) atoms. The predicted octanol–water partition coefficient (Wildman–Crippen LogP) is 3.83. The molecule has 0 saturated heterocycles. The Morgan fingerprint density at radius 3 is 2.38 bits per heavy atom. The maximum absolute atomic E-state index is 10.5. The molecule has 0 radical (unpaired) electrons. The van der Waals surface area contributed by atoms with E-state index in [0.29, 0.717) is 6.61 Å². The highest BCUT2D eigenvalue weighted by molar-refractivity contribution is 9.13. The normalized spacial score (nSPS) is 13.3. The topological polar surface area (TPSA) is 88.0 Å². The summed E-state index contributed by atoms with van der Waals surface area (Å²) >= 11 is 6.84. The van der Waals surface area contributed by atoms with Gasteiger partial charge in [0.1, 0.15) is 18.2 Å². The minimum absolute atomic E-state index is 0.0666. The average molecular weight is 506 g/mol. The third kappa shape index (κ3) is 6.71. The Hall–Kier alpha value is -1.42. The summed E-state index contributed by atoms with van der Waals surface area (Å²) in [7, 11) is -4.02.